The molecule has 0 aromatic carbocycles. The molecule has 112 valence electrons. The molecular formula is C15H36N2S. The van der Waals surface area contributed by atoms with Crippen molar-refractivity contribution in [2.24, 2.45) is 9.98 Å². The average Bonchev–Trinajstić information content (AvgIpc) is 3.25. The van der Waals surface area contributed by atoms with E-state index in [-0.39, 0.29) is 0 Å². The normalized spacial score (nSPS) is 12.9. The van der Waals surface area contributed by atoms with E-state index in [1.54, 1.807) is 11.8 Å². The molecule has 0 amide bonds. The standard InChI is InChI=1S/C4H7N.C3H5NS.4C2H6/c1-2-4-5-3-1;1-2-5-3-4-1;4*1-2/h3H,1-2,4H2;3H,1-2H2;4*1-2H3. The van der Waals surface area contributed by atoms with Crippen molar-refractivity contribution in [3.8, 4) is 0 Å². The number of thioether (sulfide) groups is 1. The van der Waals surface area contributed by atoms with E-state index in [2.05, 4.69) is 9.98 Å². The van der Waals surface area contributed by atoms with Gasteiger partial charge in [0.2, 0.25) is 0 Å². The Hall–Kier alpha value is -0.310. The van der Waals surface area contributed by atoms with Crippen LogP contribution in [0.1, 0.15) is 68.2 Å². The van der Waals surface area contributed by atoms with Gasteiger partial charge in [0.1, 0.15) is 0 Å². The molecule has 0 bridgehead atoms. The average molecular weight is 277 g/mol. The molecule has 0 N–H and O–H groups in total. The summed E-state index contributed by atoms with van der Waals surface area (Å²) in [6, 6.07) is 0. The molecule has 18 heavy (non-hydrogen) atoms. The zero-order valence-corrected chi connectivity index (χ0v) is 14.8. The van der Waals surface area contributed by atoms with Gasteiger partial charge in [-0.05, 0) is 19.1 Å². The molecule has 0 aromatic heterocycles. The summed E-state index contributed by atoms with van der Waals surface area (Å²) in [6.45, 7) is 18.1. The molecule has 3 heteroatoms. The summed E-state index contributed by atoms with van der Waals surface area (Å²) < 4.78 is 0. The van der Waals surface area contributed by atoms with Crippen LogP contribution in [-0.2, 0) is 0 Å². The lowest BCUT2D eigenvalue weighted by atomic mass is 10.4. The van der Waals surface area contributed by atoms with E-state index >= 15 is 0 Å². The predicted octanol–water partition coefficient (Wildman–Crippen LogP) is 5.72. The van der Waals surface area contributed by atoms with Gasteiger partial charge in [-0.2, -0.15) is 0 Å². The SMILES string of the molecule is C1=NCCC1.C1=NCCS1.CC.CC.CC.CC. The quantitative estimate of drug-likeness (QED) is 0.555. The molecule has 2 nitrogen and oxygen atoms in total. The van der Waals surface area contributed by atoms with Crippen LogP contribution in [0.15, 0.2) is 9.98 Å². The minimum atomic E-state index is 1.03. The van der Waals surface area contributed by atoms with Gasteiger partial charge in [-0.15, -0.1) is 11.8 Å². The van der Waals surface area contributed by atoms with Gasteiger partial charge in [-0.25, -0.2) is 0 Å². The van der Waals surface area contributed by atoms with E-state index in [1.165, 1.54) is 18.6 Å². The fraction of sp³-hybridized carbons (Fsp3) is 0.867. The highest BCUT2D eigenvalue weighted by Crippen LogP contribution is 1.99. The minimum Gasteiger partial charge on any atom is -0.298 e. The first kappa shape index (κ1) is 26.3. The molecule has 0 atom stereocenters. The Morgan fingerprint density at radius 1 is 0.778 bits per heavy atom. The Morgan fingerprint density at radius 2 is 1.33 bits per heavy atom. The van der Waals surface area contributed by atoms with Crippen molar-refractivity contribution >= 4 is 23.5 Å². The zero-order valence-electron chi connectivity index (χ0n) is 14.0. The molecular weight excluding hydrogens is 240 g/mol. The first-order valence-electron chi connectivity index (χ1n) is 7.58. The van der Waals surface area contributed by atoms with Gasteiger partial charge in [0.25, 0.3) is 0 Å². The maximum atomic E-state index is 3.96. The number of rotatable bonds is 0. The van der Waals surface area contributed by atoms with Crippen molar-refractivity contribution in [3.05, 3.63) is 0 Å². The highest BCUT2D eigenvalue weighted by molar-refractivity contribution is 8.12. The molecule has 0 radical (unpaired) electrons. The summed E-state index contributed by atoms with van der Waals surface area (Å²) in [5.74, 6) is 1.19. The van der Waals surface area contributed by atoms with E-state index in [1.807, 2.05) is 67.2 Å². The second-order valence-electron chi connectivity index (χ2n) is 2.11. The molecule has 2 rings (SSSR count). The third-order valence-electron chi connectivity index (χ3n) is 1.24. The number of hydrogen-bond donors (Lipinski definition) is 0. The molecule has 0 aromatic rings. The van der Waals surface area contributed by atoms with Crippen molar-refractivity contribution in [2.45, 2.75) is 68.2 Å². The molecule has 2 heterocycles. The van der Waals surface area contributed by atoms with Gasteiger partial charge < -0.3 is 0 Å². The largest absolute Gasteiger partial charge is 0.298 e. The molecule has 0 saturated heterocycles. The molecule has 0 fully saturated rings. The van der Waals surface area contributed by atoms with Gasteiger partial charge in [-0.3, -0.25) is 9.98 Å². The molecule has 0 unspecified atom stereocenters. The third kappa shape index (κ3) is 36.1. The van der Waals surface area contributed by atoms with Crippen LogP contribution in [0.2, 0.25) is 0 Å². The lowest BCUT2D eigenvalue weighted by Crippen LogP contribution is -1.69. The summed E-state index contributed by atoms with van der Waals surface area (Å²) in [7, 11) is 0. The molecule has 0 spiro atoms. The van der Waals surface area contributed by atoms with E-state index < -0.39 is 0 Å². The topological polar surface area (TPSA) is 24.7 Å². The molecule has 2 aliphatic rings. The van der Waals surface area contributed by atoms with E-state index in [4.69, 9.17) is 0 Å². The van der Waals surface area contributed by atoms with Gasteiger partial charge in [-0.1, -0.05) is 55.4 Å². The van der Waals surface area contributed by atoms with Crippen LogP contribution in [0.25, 0.3) is 0 Å². The summed E-state index contributed by atoms with van der Waals surface area (Å²) in [6.07, 6.45) is 4.47. The number of aliphatic imine (C=N–C) groups is 2. The van der Waals surface area contributed by atoms with E-state index in [0.29, 0.717) is 0 Å². The lowest BCUT2D eigenvalue weighted by molar-refractivity contribution is 0.952. The van der Waals surface area contributed by atoms with Crippen LogP contribution in [0.3, 0.4) is 0 Å². The second kappa shape index (κ2) is 43.8. The maximum absolute atomic E-state index is 3.96. The Labute approximate surface area is 121 Å². The summed E-state index contributed by atoms with van der Waals surface area (Å²) >= 11 is 1.78. The summed E-state index contributed by atoms with van der Waals surface area (Å²) in [4.78, 5) is 7.88. The smallest absolute Gasteiger partial charge is 0.0542 e. The van der Waals surface area contributed by atoms with Gasteiger partial charge in [0, 0.05) is 18.8 Å². The first-order valence-corrected chi connectivity index (χ1v) is 8.63. The Kier molecular flexibility index (Phi) is 63.9. The maximum Gasteiger partial charge on any atom is 0.0542 e. The van der Waals surface area contributed by atoms with Gasteiger partial charge in [0.05, 0.1) is 5.55 Å². The summed E-state index contributed by atoms with van der Waals surface area (Å²) in [5, 5.41) is 0. The molecule has 0 aliphatic carbocycles. The number of nitrogens with zero attached hydrogens (tertiary/aromatic N) is 2. The fourth-order valence-electron chi connectivity index (χ4n) is 0.720. The van der Waals surface area contributed by atoms with Crippen LogP contribution < -0.4 is 0 Å². The van der Waals surface area contributed by atoms with Crippen molar-refractivity contribution in [3.63, 3.8) is 0 Å². The molecule has 2 aliphatic heterocycles. The Bertz CT molecular complexity index is 106. The monoisotopic (exact) mass is 276 g/mol. The van der Waals surface area contributed by atoms with Gasteiger partial charge in [0.15, 0.2) is 0 Å². The highest BCUT2D eigenvalue weighted by Gasteiger charge is 1.86. The second-order valence-corrected chi connectivity index (χ2v) is 3.07. The highest BCUT2D eigenvalue weighted by atomic mass is 32.2. The minimum absolute atomic E-state index is 1.03. The number of hydrogen-bond acceptors (Lipinski definition) is 3. The Balaban J connectivity index is -0.0000000713. The Morgan fingerprint density at radius 3 is 1.44 bits per heavy atom. The van der Waals surface area contributed by atoms with Crippen molar-refractivity contribution in [2.75, 3.05) is 18.8 Å². The van der Waals surface area contributed by atoms with Crippen molar-refractivity contribution in [1.29, 1.82) is 0 Å². The zero-order chi connectivity index (χ0) is 15.1. The first-order chi connectivity index (χ1) is 9.00. The van der Waals surface area contributed by atoms with E-state index in [9.17, 15) is 0 Å². The van der Waals surface area contributed by atoms with Crippen LogP contribution in [-0.4, -0.2) is 30.6 Å². The van der Waals surface area contributed by atoms with Crippen LogP contribution in [0.5, 0.6) is 0 Å². The predicted molar refractivity (Wildman–Crippen MR) is 93.8 cm³/mol. The van der Waals surface area contributed by atoms with E-state index in [0.717, 1.165) is 13.1 Å². The fourth-order valence-corrected chi connectivity index (χ4v) is 1.25. The van der Waals surface area contributed by atoms with Crippen molar-refractivity contribution in [1.82, 2.24) is 0 Å². The lowest BCUT2D eigenvalue weighted by Gasteiger charge is -1.67. The van der Waals surface area contributed by atoms with Crippen LogP contribution in [0.4, 0.5) is 0 Å². The van der Waals surface area contributed by atoms with Crippen molar-refractivity contribution < 1.29 is 0 Å². The summed E-state index contributed by atoms with van der Waals surface area (Å²) in [5.41, 5.74) is 1.90. The third-order valence-corrected chi connectivity index (χ3v) is 1.95. The van der Waals surface area contributed by atoms with Crippen LogP contribution in [0, 0.1) is 0 Å². The van der Waals surface area contributed by atoms with Gasteiger partial charge >= 0.3 is 0 Å². The molecule has 0 saturated carbocycles. The van der Waals surface area contributed by atoms with Crippen LogP contribution >= 0.6 is 11.8 Å².